The standard InChI is InChI=1S/C30H32N6O3/c1-17-13-21(18(2)32-23-10-8-7-9-20(23)29(38)39-30(3,4)5)28-33-24(15-26(37)36(28)16-17)19-11-12-25-22(14-19)27(31)34-35(25)6/h7-16,18,32H,1-6H3,(H2,31,34)/t18-/m1/s1. The molecule has 0 saturated carbocycles. The molecular formula is C30H32N6O3. The van der Waals surface area contributed by atoms with Gasteiger partial charge in [-0.25, -0.2) is 9.78 Å². The average molecular weight is 525 g/mol. The molecule has 3 N–H and O–H groups in total. The van der Waals surface area contributed by atoms with E-state index in [1.165, 1.54) is 6.07 Å². The molecule has 1 atom stereocenters. The zero-order chi connectivity index (χ0) is 28.1. The molecule has 0 unspecified atom stereocenters. The van der Waals surface area contributed by atoms with Crippen molar-refractivity contribution in [1.82, 2.24) is 19.2 Å². The Labute approximate surface area is 226 Å². The molecule has 0 aliphatic rings. The van der Waals surface area contributed by atoms with Gasteiger partial charge >= 0.3 is 5.97 Å². The predicted molar refractivity (Wildman–Crippen MR) is 154 cm³/mol. The van der Waals surface area contributed by atoms with Crippen LogP contribution in [0.2, 0.25) is 0 Å². The number of hydrogen-bond donors (Lipinski definition) is 2. The molecule has 0 radical (unpaired) electrons. The Kier molecular flexibility index (Phi) is 6.38. The highest BCUT2D eigenvalue weighted by Crippen LogP contribution is 2.29. The molecule has 3 aromatic heterocycles. The summed E-state index contributed by atoms with van der Waals surface area (Å²) in [6, 6.07) is 16.2. The molecular weight excluding hydrogens is 492 g/mol. The number of pyridine rings is 1. The van der Waals surface area contributed by atoms with E-state index in [0.29, 0.717) is 28.4 Å². The molecule has 39 heavy (non-hydrogen) atoms. The van der Waals surface area contributed by atoms with Crippen LogP contribution in [0.3, 0.4) is 0 Å². The second-order valence-electron chi connectivity index (χ2n) is 10.8. The van der Waals surface area contributed by atoms with Gasteiger partial charge in [-0.2, -0.15) is 5.10 Å². The molecule has 0 saturated heterocycles. The number of hydrogen-bond acceptors (Lipinski definition) is 7. The van der Waals surface area contributed by atoms with Gasteiger partial charge in [-0.3, -0.25) is 13.9 Å². The number of esters is 1. The molecule has 2 aromatic carbocycles. The number of carbonyl (C=O) groups excluding carboxylic acids is 1. The summed E-state index contributed by atoms with van der Waals surface area (Å²) in [5.41, 5.74) is 10.8. The monoisotopic (exact) mass is 524 g/mol. The van der Waals surface area contributed by atoms with Gasteiger partial charge in [0.2, 0.25) is 0 Å². The van der Waals surface area contributed by atoms with Crippen LogP contribution in [0.25, 0.3) is 27.8 Å². The molecule has 0 amide bonds. The zero-order valence-corrected chi connectivity index (χ0v) is 22.9. The molecule has 5 rings (SSSR count). The van der Waals surface area contributed by atoms with Crippen molar-refractivity contribution in [3.05, 3.63) is 87.8 Å². The number of benzene rings is 2. The van der Waals surface area contributed by atoms with Crippen LogP contribution in [0.4, 0.5) is 11.5 Å². The molecule has 0 bridgehead atoms. The summed E-state index contributed by atoms with van der Waals surface area (Å²) >= 11 is 0. The first-order valence-corrected chi connectivity index (χ1v) is 12.8. The highest BCUT2D eigenvalue weighted by molar-refractivity contribution is 5.96. The third kappa shape index (κ3) is 5.07. The lowest BCUT2D eigenvalue weighted by Gasteiger charge is -2.23. The second kappa shape index (κ2) is 9.58. The van der Waals surface area contributed by atoms with Crippen molar-refractivity contribution < 1.29 is 9.53 Å². The van der Waals surface area contributed by atoms with E-state index in [1.807, 2.05) is 78.1 Å². The number of anilines is 2. The molecule has 0 aliphatic carbocycles. The van der Waals surface area contributed by atoms with Crippen LogP contribution in [0.1, 0.15) is 55.2 Å². The maximum Gasteiger partial charge on any atom is 0.340 e. The quantitative estimate of drug-likeness (QED) is 0.301. The fourth-order valence-electron chi connectivity index (χ4n) is 4.72. The summed E-state index contributed by atoms with van der Waals surface area (Å²) in [5, 5.41) is 8.53. The van der Waals surface area contributed by atoms with Crippen molar-refractivity contribution in [3.8, 4) is 11.3 Å². The van der Waals surface area contributed by atoms with E-state index in [4.69, 9.17) is 15.5 Å². The molecule has 0 fully saturated rings. The van der Waals surface area contributed by atoms with E-state index < -0.39 is 11.6 Å². The normalized spacial score (nSPS) is 12.6. The highest BCUT2D eigenvalue weighted by atomic mass is 16.6. The number of nitrogens with one attached hydrogen (secondary N) is 1. The van der Waals surface area contributed by atoms with Crippen LogP contribution in [-0.2, 0) is 11.8 Å². The topological polar surface area (TPSA) is 117 Å². The lowest BCUT2D eigenvalue weighted by atomic mass is 10.0. The average Bonchev–Trinajstić information content (AvgIpc) is 3.15. The molecule has 0 spiro atoms. The van der Waals surface area contributed by atoms with E-state index in [2.05, 4.69) is 10.4 Å². The summed E-state index contributed by atoms with van der Waals surface area (Å²) in [5.74, 6) is 0.0123. The van der Waals surface area contributed by atoms with Crippen LogP contribution in [0, 0.1) is 6.92 Å². The number of rotatable bonds is 5. The third-order valence-corrected chi connectivity index (χ3v) is 6.49. The maximum atomic E-state index is 13.3. The van der Waals surface area contributed by atoms with Crippen molar-refractivity contribution in [2.24, 2.45) is 7.05 Å². The number of carbonyl (C=O) groups is 1. The minimum absolute atomic E-state index is 0.194. The SMILES string of the molecule is Cc1cc([C@@H](C)Nc2ccccc2C(=O)OC(C)(C)C)c2nc(-c3ccc4c(c3)c(N)nn4C)cc(=O)n2c1. The lowest BCUT2D eigenvalue weighted by Crippen LogP contribution is -2.25. The van der Waals surface area contributed by atoms with Crippen molar-refractivity contribution in [2.75, 3.05) is 11.1 Å². The molecule has 9 heteroatoms. The predicted octanol–water partition coefficient (Wildman–Crippen LogP) is 5.27. The van der Waals surface area contributed by atoms with Gasteiger partial charge in [-0.1, -0.05) is 18.2 Å². The van der Waals surface area contributed by atoms with Crippen molar-refractivity contribution >= 4 is 34.0 Å². The Bertz CT molecular complexity index is 1800. The van der Waals surface area contributed by atoms with E-state index in [1.54, 1.807) is 27.4 Å². The summed E-state index contributed by atoms with van der Waals surface area (Å²) in [6.07, 6.45) is 1.78. The van der Waals surface area contributed by atoms with Gasteiger partial charge in [-0.05, 0) is 70.5 Å². The number of nitrogens with zero attached hydrogens (tertiary/aromatic N) is 4. The smallest absolute Gasteiger partial charge is 0.340 e. The first-order chi connectivity index (χ1) is 18.4. The van der Waals surface area contributed by atoms with Crippen molar-refractivity contribution in [1.29, 1.82) is 0 Å². The van der Waals surface area contributed by atoms with Gasteiger partial charge in [0.05, 0.1) is 22.8 Å². The lowest BCUT2D eigenvalue weighted by molar-refractivity contribution is 0.00706. The number of aromatic nitrogens is 4. The van der Waals surface area contributed by atoms with Crippen LogP contribution < -0.4 is 16.6 Å². The fourth-order valence-corrected chi connectivity index (χ4v) is 4.72. The van der Waals surface area contributed by atoms with Crippen molar-refractivity contribution in [2.45, 2.75) is 46.3 Å². The summed E-state index contributed by atoms with van der Waals surface area (Å²) < 4.78 is 8.89. The summed E-state index contributed by atoms with van der Waals surface area (Å²) in [7, 11) is 1.84. The first-order valence-electron chi connectivity index (χ1n) is 12.8. The Morgan fingerprint density at radius 1 is 1.10 bits per heavy atom. The van der Waals surface area contributed by atoms with E-state index in [9.17, 15) is 9.59 Å². The molecule has 0 aliphatic heterocycles. The summed E-state index contributed by atoms with van der Waals surface area (Å²) in [4.78, 5) is 31.1. The van der Waals surface area contributed by atoms with Crippen LogP contribution in [0.15, 0.2) is 65.6 Å². The van der Waals surface area contributed by atoms with Crippen LogP contribution >= 0.6 is 0 Å². The number of para-hydroxylation sites is 1. The van der Waals surface area contributed by atoms with Gasteiger partial charge in [0.1, 0.15) is 11.2 Å². The zero-order valence-electron chi connectivity index (χ0n) is 22.9. The Hall–Kier alpha value is -4.66. The third-order valence-electron chi connectivity index (χ3n) is 6.49. The van der Waals surface area contributed by atoms with Crippen LogP contribution in [-0.4, -0.2) is 30.7 Å². The Morgan fingerprint density at radius 2 is 1.85 bits per heavy atom. The van der Waals surface area contributed by atoms with E-state index in [0.717, 1.165) is 27.6 Å². The Morgan fingerprint density at radius 3 is 2.59 bits per heavy atom. The van der Waals surface area contributed by atoms with Gasteiger partial charge in [0, 0.05) is 41.5 Å². The number of fused-ring (bicyclic) bond motifs is 2. The molecule has 200 valence electrons. The summed E-state index contributed by atoms with van der Waals surface area (Å²) in [6.45, 7) is 9.42. The number of aryl methyl sites for hydroxylation is 2. The fraction of sp³-hybridized carbons (Fsp3) is 0.267. The van der Waals surface area contributed by atoms with Gasteiger partial charge in [0.25, 0.3) is 5.56 Å². The van der Waals surface area contributed by atoms with Crippen LogP contribution in [0.5, 0.6) is 0 Å². The minimum atomic E-state index is -0.618. The second-order valence-corrected chi connectivity index (χ2v) is 10.8. The molecule has 3 heterocycles. The van der Waals surface area contributed by atoms with Gasteiger partial charge in [-0.15, -0.1) is 0 Å². The number of nitrogens with two attached hydrogens (primary N) is 1. The van der Waals surface area contributed by atoms with Crippen molar-refractivity contribution in [3.63, 3.8) is 0 Å². The highest BCUT2D eigenvalue weighted by Gasteiger charge is 2.22. The minimum Gasteiger partial charge on any atom is -0.456 e. The molecule has 5 aromatic rings. The first kappa shape index (κ1) is 26.0. The number of ether oxygens (including phenoxy) is 1. The van der Waals surface area contributed by atoms with E-state index in [-0.39, 0.29) is 11.6 Å². The Balaban J connectivity index is 1.58. The van der Waals surface area contributed by atoms with Gasteiger partial charge in [0.15, 0.2) is 5.82 Å². The maximum absolute atomic E-state index is 13.3. The number of nitrogen functional groups attached to an aromatic ring is 1. The van der Waals surface area contributed by atoms with Gasteiger partial charge < -0.3 is 15.8 Å². The molecule has 9 nitrogen and oxygen atoms in total. The largest absolute Gasteiger partial charge is 0.456 e. The van der Waals surface area contributed by atoms with E-state index >= 15 is 0 Å².